The zero-order valence-corrected chi connectivity index (χ0v) is 28.1. The Kier molecular flexibility index (Phi) is 9.70. The summed E-state index contributed by atoms with van der Waals surface area (Å²) in [5.41, 5.74) is 5.35. The molecule has 45 heavy (non-hydrogen) atoms. The van der Waals surface area contributed by atoms with Crippen LogP contribution in [0.1, 0.15) is 70.1 Å². The molecule has 0 aliphatic heterocycles. The Morgan fingerprint density at radius 1 is 1.00 bits per heavy atom. The number of anilines is 1. The van der Waals surface area contributed by atoms with Gasteiger partial charge in [-0.2, -0.15) is 0 Å². The molecule has 1 aliphatic rings. The lowest BCUT2D eigenvalue weighted by Crippen LogP contribution is -2.42. The second-order valence-electron chi connectivity index (χ2n) is 12.8. The van der Waals surface area contributed by atoms with Gasteiger partial charge in [0.05, 0.1) is 21.2 Å². The molecule has 0 atom stereocenters. The minimum absolute atomic E-state index is 0.102. The molecule has 0 spiro atoms. The molecular formula is C35H41ClN4O4S. The highest BCUT2D eigenvalue weighted by atomic mass is 35.5. The van der Waals surface area contributed by atoms with Gasteiger partial charge in [0.1, 0.15) is 5.60 Å². The second kappa shape index (κ2) is 13.3. The molecule has 0 radical (unpaired) electrons. The maximum absolute atomic E-state index is 13.1. The lowest BCUT2D eigenvalue weighted by Gasteiger charge is -2.30. The number of carbonyl (C=O) groups is 1. The van der Waals surface area contributed by atoms with E-state index in [2.05, 4.69) is 41.6 Å². The number of halogens is 1. The number of amides is 1. The first-order valence-electron chi connectivity index (χ1n) is 15.4. The maximum Gasteiger partial charge on any atom is 0.407 e. The van der Waals surface area contributed by atoms with Crippen LogP contribution in [0.25, 0.3) is 22.0 Å². The van der Waals surface area contributed by atoms with Crippen LogP contribution in [0.4, 0.5) is 10.7 Å². The van der Waals surface area contributed by atoms with E-state index in [0.717, 1.165) is 70.8 Å². The Labute approximate surface area is 270 Å². The van der Waals surface area contributed by atoms with Crippen molar-refractivity contribution in [1.82, 2.24) is 15.3 Å². The zero-order chi connectivity index (χ0) is 32.4. The largest absolute Gasteiger partial charge is 0.444 e. The first-order valence-corrected chi connectivity index (χ1v) is 17.5. The molecule has 10 heteroatoms. The van der Waals surface area contributed by atoms with Gasteiger partial charge in [0.2, 0.25) is 5.95 Å². The fourth-order valence-electron chi connectivity index (χ4n) is 5.87. The molecule has 0 unspecified atom stereocenters. The second-order valence-corrected chi connectivity index (χ2v) is 15.2. The van der Waals surface area contributed by atoms with Crippen LogP contribution in [-0.2, 0) is 26.7 Å². The molecule has 1 amide bonds. The highest BCUT2D eigenvalue weighted by Gasteiger charge is 2.25. The Morgan fingerprint density at radius 2 is 1.71 bits per heavy atom. The van der Waals surface area contributed by atoms with Crippen molar-refractivity contribution in [3.05, 3.63) is 82.5 Å². The molecule has 238 valence electrons. The number of aryl methyl sites for hydroxylation is 2. The summed E-state index contributed by atoms with van der Waals surface area (Å²) in [5, 5.41) is 7.64. The summed E-state index contributed by atoms with van der Waals surface area (Å²) < 4.78 is 31.6. The molecule has 1 saturated carbocycles. The number of hydrogen-bond acceptors (Lipinski definition) is 7. The number of rotatable bonds is 8. The smallest absolute Gasteiger partial charge is 0.407 e. The highest BCUT2D eigenvalue weighted by Crippen LogP contribution is 2.33. The monoisotopic (exact) mass is 648 g/mol. The van der Waals surface area contributed by atoms with Crippen molar-refractivity contribution in [3.8, 4) is 11.1 Å². The van der Waals surface area contributed by atoms with Crippen LogP contribution in [0.15, 0.2) is 65.7 Å². The molecule has 2 N–H and O–H groups in total. The third kappa shape index (κ3) is 8.13. The van der Waals surface area contributed by atoms with Crippen molar-refractivity contribution in [2.45, 2.75) is 95.1 Å². The van der Waals surface area contributed by atoms with Crippen LogP contribution in [0.3, 0.4) is 0 Å². The van der Waals surface area contributed by atoms with Crippen molar-refractivity contribution in [1.29, 1.82) is 0 Å². The number of aromatic nitrogens is 2. The molecule has 3 aromatic carbocycles. The van der Waals surface area contributed by atoms with Crippen molar-refractivity contribution in [2.24, 2.45) is 0 Å². The van der Waals surface area contributed by atoms with E-state index in [-0.39, 0.29) is 33.8 Å². The molecule has 1 fully saturated rings. The molecule has 8 nitrogen and oxygen atoms in total. The van der Waals surface area contributed by atoms with Gasteiger partial charge in [0.25, 0.3) is 0 Å². The lowest BCUT2D eigenvalue weighted by atomic mass is 9.91. The van der Waals surface area contributed by atoms with Gasteiger partial charge in [0.15, 0.2) is 9.84 Å². The van der Waals surface area contributed by atoms with Crippen LogP contribution < -0.4 is 10.6 Å². The number of sulfone groups is 1. The summed E-state index contributed by atoms with van der Waals surface area (Å²) in [7, 11) is -3.59. The molecule has 0 saturated heterocycles. The quantitative estimate of drug-likeness (QED) is 0.199. The van der Waals surface area contributed by atoms with Crippen LogP contribution in [0.2, 0.25) is 5.02 Å². The number of nitrogens with zero attached hydrogens (tertiary/aromatic N) is 2. The number of ether oxygens (including phenoxy) is 1. The van der Waals surface area contributed by atoms with E-state index in [9.17, 15) is 13.2 Å². The number of fused-ring (bicyclic) bond motifs is 1. The van der Waals surface area contributed by atoms with Crippen molar-refractivity contribution < 1.29 is 17.9 Å². The van der Waals surface area contributed by atoms with Gasteiger partial charge in [-0.15, -0.1) is 0 Å². The van der Waals surface area contributed by atoms with Crippen LogP contribution in [0.5, 0.6) is 0 Å². The Bertz CT molecular complexity index is 1810. The standard InChI is InChI=1S/C35H41ClN4O4S/c1-6-24-18-23(21-45(42,43)32-10-8-7-9-30(32)36)11-16-28(24)29-19-25-20-37-33(40-31(25)17-22(29)2)38-26-12-14-27(15-13-26)39-34(41)44-35(3,4)5/h7-11,16-20,26-27H,6,12-15,21H2,1-5H3,(H,39,41)(H,37,38,40). The molecule has 5 rings (SSSR count). The molecule has 1 aromatic heterocycles. The molecular weight excluding hydrogens is 608 g/mol. The van der Waals surface area contributed by atoms with E-state index in [1.54, 1.807) is 24.3 Å². The number of nitrogens with one attached hydrogen (secondary N) is 2. The van der Waals surface area contributed by atoms with Crippen LogP contribution in [0, 0.1) is 6.92 Å². The van der Waals surface area contributed by atoms with Gasteiger partial charge in [-0.25, -0.2) is 23.2 Å². The van der Waals surface area contributed by atoms with E-state index in [0.29, 0.717) is 5.95 Å². The number of carbonyl (C=O) groups excluding carboxylic acids is 1. The molecule has 1 heterocycles. The lowest BCUT2D eigenvalue weighted by molar-refractivity contribution is 0.0492. The van der Waals surface area contributed by atoms with Crippen molar-refractivity contribution in [2.75, 3.05) is 5.32 Å². The predicted molar refractivity (Wildman–Crippen MR) is 180 cm³/mol. The Morgan fingerprint density at radius 3 is 2.40 bits per heavy atom. The van der Waals surface area contributed by atoms with Crippen LogP contribution in [-0.4, -0.2) is 42.2 Å². The van der Waals surface area contributed by atoms with E-state index >= 15 is 0 Å². The van der Waals surface area contributed by atoms with E-state index in [1.165, 1.54) is 0 Å². The number of hydrogen-bond donors (Lipinski definition) is 2. The van der Waals surface area contributed by atoms with E-state index in [1.807, 2.05) is 45.2 Å². The fraction of sp³-hybridized carbons (Fsp3) is 0.400. The molecule has 4 aromatic rings. The van der Waals surface area contributed by atoms with E-state index < -0.39 is 15.4 Å². The summed E-state index contributed by atoms with van der Waals surface area (Å²) in [4.78, 5) is 21.7. The number of alkyl carbamates (subject to hydrolysis) is 1. The maximum atomic E-state index is 13.1. The van der Waals surface area contributed by atoms with Gasteiger partial charge < -0.3 is 15.4 Å². The SMILES string of the molecule is CCc1cc(CS(=O)(=O)c2ccccc2Cl)ccc1-c1cc2cnc(NC3CCC(NC(=O)OC(C)(C)C)CC3)nc2cc1C. The first kappa shape index (κ1) is 32.7. The summed E-state index contributed by atoms with van der Waals surface area (Å²) in [6, 6.07) is 16.9. The van der Waals surface area contributed by atoms with Crippen LogP contribution >= 0.6 is 11.6 Å². The third-order valence-electron chi connectivity index (χ3n) is 8.08. The Hall–Kier alpha value is -3.69. The minimum Gasteiger partial charge on any atom is -0.444 e. The minimum atomic E-state index is -3.59. The fourth-order valence-corrected chi connectivity index (χ4v) is 7.78. The normalized spacial score (nSPS) is 17.2. The molecule has 0 bridgehead atoms. The highest BCUT2D eigenvalue weighted by molar-refractivity contribution is 7.90. The Balaban J connectivity index is 1.28. The zero-order valence-electron chi connectivity index (χ0n) is 26.5. The average molecular weight is 649 g/mol. The number of benzene rings is 3. The average Bonchev–Trinajstić information content (AvgIpc) is 2.97. The summed E-state index contributed by atoms with van der Waals surface area (Å²) >= 11 is 6.19. The molecule has 1 aliphatic carbocycles. The predicted octanol–water partition coefficient (Wildman–Crippen LogP) is 8.04. The topological polar surface area (TPSA) is 110 Å². The van der Waals surface area contributed by atoms with Crippen molar-refractivity contribution >= 4 is 44.4 Å². The van der Waals surface area contributed by atoms with Crippen molar-refractivity contribution in [3.63, 3.8) is 0 Å². The van der Waals surface area contributed by atoms with Gasteiger partial charge in [-0.05, 0) is 112 Å². The summed E-state index contributed by atoms with van der Waals surface area (Å²) in [6.07, 6.45) is 5.75. The van der Waals surface area contributed by atoms with Gasteiger partial charge >= 0.3 is 6.09 Å². The summed E-state index contributed by atoms with van der Waals surface area (Å²) in [6.45, 7) is 9.73. The first-order chi connectivity index (χ1) is 21.3. The summed E-state index contributed by atoms with van der Waals surface area (Å²) in [5.74, 6) is 0.475. The van der Waals surface area contributed by atoms with Gasteiger partial charge in [0, 0.05) is 23.7 Å². The van der Waals surface area contributed by atoms with E-state index in [4.69, 9.17) is 21.3 Å². The van der Waals surface area contributed by atoms with Gasteiger partial charge in [-0.3, -0.25) is 0 Å². The third-order valence-corrected chi connectivity index (χ3v) is 10.3. The van der Waals surface area contributed by atoms with Gasteiger partial charge in [-0.1, -0.05) is 48.9 Å².